The lowest BCUT2D eigenvalue weighted by molar-refractivity contribution is 0.409. The number of benzene rings is 1. The van der Waals surface area contributed by atoms with Crippen molar-refractivity contribution >= 4 is 23.5 Å². The number of hydrogen-bond donors (Lipinski definition) is 0. The predicted octanol–water partition coefficient (Wildman–Crippen LogP) is 3.74. The molecule has 0 amide bonds. The van der Waals surface area contributed by atoms with Gasteiger partial charge in [-0.15, -0.1) is 23.5 Å². The number of para-hydroxylation sites is 1. The van der Waals surface area contributed by atoms with E-state index in [4.69, 9.17) is 4.74 Å². The summed E-state index contributed by atoms with van der Waals surface area (Å²) < 4.78 is 5.61. The first-order valence-corrected chi connectivity index (χ1v) is 7.15. The normalized spacial score (nSPS) is 19.9. The number of methoxy groups -OCH3 is 1. The van der Waals surface area contributed by atoms with Gasteiger partial charge in [0.05, 0.1) is 11.2 Å². The van der Waals surface area contributed by atoms with Gasteiger partial charge in [-0.2, -0.15) is 0 Å². The highest BCUT2D eigenvalue weighted by molar-refractivity contribution is 8.18. The fourth-order valence-corrected chi connectivity index (χ4v) is 4.83. The van der Waals surface area contributed by atoms with Gasteiger partial charge in [0.2, 0.25) is 0 Å². The average Bonchev–Trinajstić information content (AvgIpc) is 2.30. The molecule has 0 spiro atoms. The van der Waals surface area contributed by atoms with Crippen LogP contribution in [0.15, 0.2) is 24.3 Å². The van der Waals surface area contributed by atoms with Crippen LogP contribution in [0, 0.1) is 0 Å². The number of thioether (sulfide) groups is 2. The Labute approximate surface area is 100.0 Å². The Morgan fingerprint density at radius 1 is 1.20 bits per heavy atom. The van der Waals surface area contributed by atoms with E-state index in [1.807, 2.05) is 29.6 Å². The quantitative estimate of drug-likeness (QED) is 0.779. The number of hydrogen-bond acceptors (Lipinski definition) is 3. The molecule has 1 heterocycles. The predicted molar refractivity (Wildman–Crippen MR) is 69.9 cm³/mol. The third kappa shape index (κ3) is 2.28. The molecule has 1 aliphatic heterocycles. The van der Waals surface area contributed by atoms with Crippen molar-refractivity contribution in [2.24, 2.45) is 0 Å². The highest BCUT2D eigenvalue weighted by Crippen LogP contribution is 2.52. The maximum atomic E-state index is 5.44. The maximum absolute atomic E-state index is 5.44. The standard InChI is InChI=1S/C12H16OS2/c1-12(14-8-5-9-15-12)10-6-3-4-7-11(10)13-2/h3-4,6-7H,5,8-9H2,1-2H3. The summed E-state index contributed by atoms with van der Waals surface area (Å²) in [6, 6.07) is 8.36. The van der Waals surface area contributed by atoms with Crippen LogP contribution in [0.1, 0.15) is 18.9 Å². The molecule has 82 valence electrons. The molecule has 0 atom stereocenters. The second-order valence-electron chi connectivity index (χ2n) is 3.70. The van der Waals surface area contributed by atoms with Gasteiger partial charge in [-0.05, 0) is 30.9 Å². The van der Waals surface area contributed by atoms with Gasteiger partial charge >= 0.3 is 0 Å². The molecule has 15 heavy (non-hydrogen) atoms. The molecule has 2 rings (SSSR count). The van der Waals surface area contributed by atoms with Gasteiger partial charge in [-0.25, -0.2) is 0 Å². The van der Waals surface area contributed by atoms with E-state index in [1.54, 1.807) is 7.11 Å². The fraction of sp³-hybridized carbons (Fsp3) is 0.500. The van der Waals surface area contributed by atoms with Crippen LogP contribution in [0.25, 0.3) is 0 Å². The van der Waals surface area contributed by atoms with Gasteiger partial charge in [0.1, 0.15) is 5.75 Å². The lowest BCUT2D eigenvalue weighted by atomic mass is 10.1. The Morgan fingerprint density at radius 3 is 2.53 bits per heavy atom. The highest BCUT2D eigenvalue weighted by Gasteiger charge is 2.32. The van der Waals surface area contributed by atoms with Crippen LogP contribution in [-0.4, -0.2) is 18.6 Å². The average molecular weight is 240 g/mol. The Balaban J connectivity index is 2.34. The van der Waals surface area contributed by atoms with Crippen molar-refractivity contribution in [3.8, 4) is 5.75 Å². The minimum absolute atomic E-state index is 0.171. The maximum Gasteiger partial charge on any atom is 0.124 e. The van der Waals surface area contributed by atoms with Gasteiger partial charge in [-0.1, -0.05) is 18.2 Å². The van der Waals surface area contributed by atoms with Crippen LogP contribution >= 0.6 is 23.5 Å². The van der Waals surface area contributed by atoms with Gasteiger partial charge in [0.15, 0.2) is 0 Å². The van der Waals surface area contributed by atoms with Crippen LogP contribution in [0.5, 0.6) is 5.75 Å². The minimum Gasteiger partial charge on any atom is -0.496 e. The lowest BCUT2D eigenvalue weighted by Crippen LogP contribution is -2.19. The van der Waals surface area contributed by atoms with Gasteiger partial charge in [-0.3, -0.25) is 0 Å². The summed E-state index contributed by atoms with van der Waals surface area (Å²) in [4.78, 5) is 0. The van der Waals surface area contributed by atoms with Crippen LogP contribution < -0.4 is 4.74 Å². The molecule has 3 heteroatoms. The summed E-state index contributed by atoms with van der Waals surface area (Å²) in [5.41, 5.74) is 1.32. The van der Waals surface area contributed by atoms with Crippen molar-refractivity contribution in [1.29, 1.82) is 0 Å². The van der Waals surface area contributed by atoms with Crippen LogP contribution in [-0.2, 0) is 4.08 Å². The van der Waals surface area contributed by atoms with Crippen molar-refractivity contribution in [3.63, 3.8) is 0 Å². The van der Waals surface area contributed by atoms with Gasteiger partial charge < -0.3 is 4.74 Å². The summed E-state index contributed by atoms with van der Waals surface area (Å²) >= 11 is 4.06. The first kappa shape index (κ1) is 11.2. The molecular formula is C12H16OS2. The summed E-state index contributed by atoms with van der Waals surface area (Å²) in [7, 11) is 1.75. The second kappa shape index (κ2) is 4.71. The fourth-order valence-electron chi connectivity index (χ4n) is 1.81. The van der Waals surface area contributed by atoms with Crippen LogP contribution in [0.2, 0.25) is 0 Å². The summed E-state index contributed by atoms with van der Waals surface area (Å²) in [6.45, 7) is 2.30. The largest absolute Gasteiger partial charge is 0.496 e. The van der Waals surface area contributed by atoms with E-state index in [2.05, 4.69) is 25.1 Å². The molecule has 0 aromatic heterocycles. The third-order valence-corrected chi connectivity index (χ3v) is 5.87. The van der Waals surface area contributed by atoms with Crippen molar-refractivity contribution in [2.45, 2.75) is 17.4 Å². The van der Waals surface area contributed by atoms with E-state index in [-0.39, 0.29) is 4.08 Å². The summed E-state index contributed by atoms with van der Waals surface area (Å²) in [6.07, 6.45) is 1.32. The van der Waals surface area contributed by atoms with Crippen molar-refractivity contribution in [2.75, 3.05) is 18.6 Å². The highest BCUT2D eigenvalue weighted by atomic mass is 32.2. The molecule has 1 saturated heterocycles. The zero-order valence-corrected chi connectivity index (χ0v) is 10.8. The zero-order chi connectivity index (χ0) is 10.7. The Hall–Kier alpha value is -0.280. The molecular weight excluding hydrogens is 224 g/mol. The van der Waals surface area contributed by atoms with E-state index >= 15 is 0 Å². The number of rotatable bonds is 2. The van der Waals surface area contributed by atoms with E-state index in [1.165, 1.54) is 23.5 Å². The van der Waals surface area contributed by atoms with E-state index in [0.29, 0.717) is 0 Å². The molecule has 1 aromatic carbocycles. The zero-order valence-electron chi connectivity index (χ0n) is 9.16. The Kier molecular flexibility index (Phi) is 3.52. The van der Waals surface area contributed by atoms with E-state index < -0.39 is 0 Å². The van der Waals surface area contributed by atoms with E-state index in [0.717, 1.165) is 5.75 Å². The third-order valence-electron chi connectivity index (χ3n) is 2.64. The molecule has 0 N–H and O–H groups in total. The molecule has 1 aliphatic rings. The molecule has 0 aliphatic carbocycles. The first-order valence-electron chi connectivity index (χ1n) is 5.18. The lowest BCUT2D eigenvalue weighted by Gasteiger charge is -2.33. The Morgan fingerprint density at radius 2 is 1.87 bits per heavy atom. The second-order valence-corrected chi connectivity index (χ2v) is 6.98. The SMILES string of the molecule is COc1ccccc1C1(C)SCCCS1. The smallest absolute Gasteiger partial charge is 0.124 e. The number of ether oxygens (including phenoxy) is 1. The molecule has 1 aromatic rings. The Bertz CT molecular complexity index is 332. The van der Waals surface area contributed by atoms with Gasteiger partial charge in [0, 0.05) is 5.56 Å². The van der Waals surface area contributed by atoms with Crippen LogP contribution in [0.3, 0.4) is 0 Å². The summed E-state index contributed by atoms with van der Waals surface area (Å²) in [5.74, 6) is 3.52. The molecule has 0 bridgehead atoms. The van der Waals surface area contributed by atoms with Crippen molar-refractivity contribution < 1.29 is 4.74 Å². The molecule has 0 unspecified atom stereocenters. The minimum atomic E-state index is 0.171. The van der Waals surface area contributed by atoms with Crippen molar-refractivity contribution in [1.82, 2.24) is 0 Å². The summed E-state index contributed by atoms with van der Waals surface area (Å²) in [5, 5.41) is 0. The molecule has 0 radical (unpaired) electrons. The molecule has 1 fully saturated rings. The molecule has 1 nitrogen and oxygen atoms in total. The molecule has 0 saturated carbocycles. The van der Waals surface area contributed by atoms with Crippen molar-refractivity contribution in [3.05, 3.63) is 29.8 Å². The first-order chi connectivity index (χ1) is 7.26. The topological polar surface area (TPSA) is 9.23 Å². The van der Waals surface area contributed by atoms with Gasteiger partial charge in [0.25, 0.3) is 0 Å². The van der Waals surface area contributed by atoms with Crippen LogP contribution in [0.4, 0.5) is 0 Å². The monoisotopic (exact) mass is 240 g/mol. The van der Waals surface area contributed by atoms with E-state index in [9.17, 15) is 0 Å².